The molecular weight excluding hydrogens is 364 g/mol. The van der Waals surface area contributed by atoms with Crippen LogP contribution in [-0.2, 0) is 11.3 Å². The first-order valence-corrected chi connectivity index (χ1v) is 9.98. The Morgan fingerprint density at radius 2 is 2.04 bits per heavy atom. The van der Waals surface area contributed by atoms with Crippen molar-refractivity contribution in [3.63, 3.8) is 0 Å². The van der Waals surface area contributed by atoms with E-state index in [0.717, 1.165) is 42.8 Å². The Morgan fingerprint density at radius 3 is 2.74 bits per heavy atom. The second kappa shape index (κ2) is 9.45. The number of carbonyl (C=O) groups excluding carboxylic acids is 2. The van der Waals surface area contributed by atoms with Crippen molar-refractivity contribution in [2.75, 3.05) is 13.7 Å². The van der Waals surface area contributed by atoms with E-state index in [4.69, 9.17) is 4.74 Å². The molecule has 0 unspecified atom stereocenters. The minimum Gasteiger partial charge on any atom is -0.496 e. The molecule has 1 saturated carbocycles. The maximum atomic E-state index is 12.8. The van der Waals surface area contributed by atoms with Crippen LogP contribution in [0.25, 0.3) is 0 Å². The zero-order chi connectivity index (χ0) is 19.1. The number of carbonyl (C=O) groups is 2. The molecule has 8 heteroatoms. The molecule has 27 heavy (non-hydrogen) atoms. The molecule has 1 fully saturated rings. The van der Waals surface area contributed by atoms with Crippen LogP contribution in [0.1, 0.15) is 48.2 Å². The Hall–Kier alpha value is -2.48. The standard InChI is InChI=1S/C19H24N4O3S/c1-26-17-10-6-5-7-14(17)11-23(19(25)16-13-27-22-21-16)12-18(24)20-15-8-3-2-4-9-15/h5-7,10,13,15H,2-4,8-9,11-12H2,1H3,(H,20,24). The van der Waals surface area contributed by atoms with E-state index >= 15 is 0 Å². The van der Waals surface area contributed by atoms with Gasteiger partial charge in [0.15, 0.2) is 5.69 Å². The van der Waals surface area contributed by atoms with E-state index in [-0.39, 0.29) is 36.6 Å². The van der Waals surface area contributed by atoms with Gasteiger partial charge in [0.1, 0.15) is 12.3 Å². The number of amides is 2. The minimum absolute atomic E-state index is 0.0229. The van der Waals surface area contributed by atoms with Crippen LogP contribution >= 0.6 is 11.5 Å². The van der Waals surface area contributed by atoms with Gasteiger partial charge in [0.25, 0.3) is 5.91 Å². The van der Waals surface area contributed by atoms with E-state index in [0.29, 0.717) is 5.75 Å². The molecule has 0 aliphatic heterocycles. The Bertz CT molecular complexity index is 760. The van der Waals surface area contributed by atoms with Gasteiger partial charge in [-0.2, -0.15) is 0 Å². The summed E-state index contributed by atoms with van der Waals surface area (Å²) in [5.74, 6) is 0.223. The van der Waals surface area contributed by atoms with Crippen molar-refractivity contribution in [3.05, 3.63) is 40.9 Å². The summed E-state index contributed by atoms with van der Waals surface area (Å²) in [5.41, 5.74) is 1.09. The molecule has 1 N–H and O–H groups in total. The van der Waals surface area contributed by atoms with E-state index in [1.807, 2.05) is 24.3 Å². The van der Waals surface area contributed by atoms with Crippen molar-refractivity contribution in [2.24, 2.45) is 0 Å². The summed E-state index contributed by atoms with van der Waals surface area (Å²) in [5, 5.41) is 8.52. The molecule has 144 valence electrons. The SMILES string of the molecule is COc1ccccc1CN(CC(=O)NC1CCCCC1)C(=O)c1csnn1. The van der Waals surface area contributed by atoms with Crippen molar-refractivity contribution in [2.45, 2.75) is 44.7 Å². The Morgan fingerprint density at radius 1 is 1.26 bits per heavy atom. The maximum Gasteiger partial charge on any atom is 0.276 e. The minimum atomic E-state index is -0.312. The molecule has 0 atom stereocenters. The number of nitrogens with zero attached hydrogens (tertiary/aromatic N) is 3. The van der Waals surface area contributed by atoms with Crippen molar-refractivity contribution in [1.82, 2.24) is 19.8 Å². The van der Waals surface area contributed by atoms with Crippen LogP contribution in [0, 0.1) is 0 Å². The molecule has 1 aromatic carbocycles. The summed E-state index contributed by atoms with van der Waals surface area (Å²) in [7, 11) is 1.59. The lowest BCUT2D eigenvalue weighted by molar-refractivity contribution is -0.122. The number of aromatic nitrogens is 2. The number of benzene rings is 1. The average molecular weight is 388 g/mol. The highest BCUT2D eigenvalue weighted by atomic mass is 32.1. The summed E-state index contributed by atoms with van der Waals surface area (Å²) >= 11 is 1.11. The average Bonchev–Trinajstić information content (AvgIpc) is 3.23. The van der Waals surface area contributed by atoms with Gasteiger partial charge in [-0.15, -0.1) is 5.10 Å². The topological polar surface area (TPSA) is 84.4 Å². The lowest BCUT2D eigenvalue weighted by atomic mass is 9.95. The summed E-state index contributed by atoms with van der Waals surface area (Å²) < 4.78 is 9.14. The molecule has 0 radical (unpaired) electrons. The third kappa shape index (κ3) is 5.26. The second-order valence-corrected chi connectivity index (χ2v) is 7.28. The van der Waals surface area contributed by atoms with Crippen LogP contribution in [0.3, 0.4) is 0 Å². The highest BCUT2D eigenvalue weighted by molar-refractivity contribution is 7.03. The van der Waals surface area contributed by atoms with Crippen LogP contribution in [0.4, 0.5) is 0 Å². The zero-order valence-corrected chi connectivity index (χ0v) is 16.2. The number of rotatable bonds is 7. The summed E-state index contributed by atoms with van der Waals surface area (Å²) in [4.78, 5) is 26.9. The maximum absolute atomic E-state index is 12.8. The van der Waals surface area contributed by atoms with E-state index in [1.54, 1.807) is 12.5 Å². The van der Waals surface area contributed by atoms with Gasteiger partial charge >= 0.3 is 0 Å². The number of hydrogen-bond donors (Lipinski definition) is 1. The molecule has 1 aromatic heterocycles. The molecule has 3 rings (SSSR count). The third-order valence-corrected chi connectivity index (χ3v) is 5.23. The molecule has 0 bridgehead atoms. The summed E-state index contributed by atoms with van der Waals surface area (Å²) in [6, 6.07) is 7.68. The summed E-state index contributed by atoms with van der Waals surface area (Å²) in [6.45, 7) is 0.239. The molecule has 1 heterocycles. The number of para-hydroxylation sites is 1. The zero-order valence-electron chi connectivity index (χ0n) is 15.4. The van der Waals surface area contributed by atoms with Gasteiger partial charge in [-0.25, -0.2) is 0 Å². The molecule has 0 saturated heterocycles. The fourth-order valence-corrected chi connectivity index (χ4v) is 3.78. The van der Waals surface area contributed by atoms with Gasteiger partial charge in [-0.05, 0) is 30.4 Å². The van der Waals surface area contributed by atoms with Gasteiger partial charge in [-0.1, -0.05) is 41.9 Å². The largest absolute Gasteiger partial charge is 0.496 e. The van der Waals surface area contributed by atoms with E-state index in [1.165, 1.54) is 11.3 Å². The lowest BCUT2D eigenvalue weighted by Crippen LogP contribution is -2.44. The number of methoxy groups -OCH3 is 1. The molecular formula is C19H24N4O3S. The first-order valence-electron chi connectivity index (χ1n) is 9.15. The smallest absolute Gasteiger partial charge is 0.276 e. The molecule has 2 amide bonds. The fourth-order valence-electron chi connectivity index (χ4n) is 3.35. The first kappa shape index (κ1) is 19.3. The van der Waals surface area contributed by atoms with Crippen molar-refractivity contribution >= 4 is 23.3 Å². The molecule has 1 aliphatic rings. The monoisotopic (exact) mass is 388 g/mol. The Labute approximate surface area is 162 Å². The van der Waals surface area contributed by atoms with Crippen molar-refractivity contribution in [3.8, 4) is 5.75 Å². The van der Waals surface area contributed by atoms with Crippen LogP contribution in [-0.4, -0.2) is 46.0 Å². The number of hydrogen-bond acceptors (Lipinski definition) is 6. The first-order chi connectivity index (χ1) is 13.2. The van der Waals surface area contributed by atoms with Gasteiger partial charge < -0.3 is 15.0 Å². The van der Waals surface area contributed by atoms with Crippen LogP contribution in [0.2, 0.25) is 0 Å². The molecule has 1 aliphatic carbocycles. The van der Waals surface area contributed by atoms with Gasteiger partial charge in [0.05, 0.1) is 13.7 Å². The highest BCUT2D eigenvalue weighted by Gasteiger charge is 2.24. The van der Waals surface area contributed by atoms with Gasteiger partial charge in [0.2, 0.25) is 5.91 Å². The second-order valence-electron chi connectivity index (χ2n) is 6.67. The Balaban J connectivity index is 1.73. The van der Waals surface area contributed by atoms with Crippen LogP contribution in [0.5, 0.6) is 5.75 Å². The molecule has 2 aromatic rings. The number of ether oxygens (including phenoxy) is 1. The Kier molecular flexibility index (Phi) is 6.75. The predicted octanol–water partition coefficient (Wildman–Crippen LogP) is 2.64. The van der Waals surface area contributed by atoms with Gasteiger partial charge in [0, 0.05) is 17.0 Å². The summed E-state index contributed by atoms with van der Waals surface area (Å²) in [6.07, 6.45) is 5.50. The normalized spacial score (nSPS) is 14.6. The predicted molar refractivity (Wildman–Crippen MR) is 103 cm³/mol. The van der Waals surface area contributed by atoms with Crippen molar-refractivity contribution < 1.29 is 14.3 Å². The van der Waals surface area contributed by atoms with Crippen LogP contribution in [0.15, 0.2) is 29.6 Å². The van der Waals surface area contributed by atoms with Crippen molar-refractivity contribution in [1.29, 1.82) is 0 Å². The lowest BCUT2D eigenvalue weighted by Gasteiger charge is -2.26. The third-order valence-electron chi connectivity index (χ3n) is 4.72. The van der Waals surface area contributed by atoms with E-state index < -0.39 is 0 Å². The van der Waals surface area contributed by atoms with Gasteiger partial charge in [-0.3, -0.25) is 9.59 Å². The molecule has 0 spiro atoms. The van der Waals surface area contributed by atoms with E-state index in [9.17, 15) is 9.59 Å². The molecule has 7 nitrogen and oxygen atoms in total. The fraction of sp³-hybridized carbons (Fsp3) is 0.474. The van der Waals surface area contributed by atoms with E-state index in [2.05, 4.69) is 14.9 Å². The van der Waals surface area contributed by atoms with Crippen LogP contribution < -0.4 is 10.1 Å². The quantitative estimate of drug-likeness (QED) is 0.788. The number of nitrogens with one attached hydrogen (secondary N) is 1. The highest BCUT2D eigenvalue weighted by Crippen LogP contribution is 2.21.